The SMILES string of the molecule is O=C1CCC(N2Cc3c(CNc4nc([C@H]5CCCN5)cs4)cccc3C2=O)C(=O)N1. The summed E-state index contributed by atoms with van der Waals surface area (Å²) in [5.41, 5.74) is 3.67. The van der Waals surface area contributed by atoms with Crippen molar-refractivity contribution in [3.63, 3.8) is 0 Å². The maximum atomic E-state index is 12.9. The molecule has 30 heavy (non-hydrogen) atoms. The van der Waals surface area contributed by atoms with Crippen LogP contribution in [0.2, 0.25) is 0 Å². The summed E-state index contributed by atoms with van der Waals surface area (Å²) in [4.78, 5) is 42.9. The van der Waals surface area contributed by atoms with Crippen molar-refractivity contribution in [3.8, 4) is 0 Å². The third kappa shape index (κ3) is 3.48. The first-order chi connectivity index (χ1) is 14.6. The van der Waals surface area contributed by atoms with E-state index in [1.165, 1.54) is 6.42 Å². The zero-order valence-electron chi connectivity index (χ0n) is 16.4. The number of thiazole rings is 1. The zero-order valence-corrected chi connectivity index (χ0v) is 17.3. The third-order valence-corrected chi connectivity index (χ3v) is 6.87. The molecule has 1 aromatic carbocycles. The van der Waals surface area contributed by atoms with E-state index >= 15 is 0 Å². The number of amides is 3. The highest BCUT2D eigenvalue weighted by Gasteiger charge is 2.39. The summed E-state index contributed by atoms with van der Waals surface area (Å²) in [6.45, 7) is 1.98. The number of nitrogens with one attached hydrogen (secondary N) is 3. The molecule has 4 heterocycles. The van der Waals surface area contributed by atoms with E-state index in [1.54, 1.807) is 22.3 Å². The molecule has 1 unspecified atom stereocenters. The van der Waals surface area contributed by atoms with Crippen molar-refractivity contribution in [1.82, 2.24) is 20.5 Å². The van der Waals surface area contributed by atoms with Gasteiger partial charge in [-0.3, -0.25) is 19.7 Å². The van der Waals surface area contributed by atoms with Crippen LogP contribution >= 0.6 is 11.3 Å². The van der Waals surface area contributed by atoms with Crippen LogP contribution in [0.1, 0.15) is 58.9 Å². The lowest BCUT2D eigenvalue weighted by atomic mass is 10.0. The third-order valence-electron chi connectivity index (χ3n) is 6.05. The minimum Gasteiger partial charge on any atom is -0.357 e. The lowest BCUT2D eigenvalue weighted by Crippen LogP contribution is -2.52. The van der Waals surface area contributed by atoms with Crippen LogP contribution in [0.5, 0.6) is 0 Å². The van der Waals surface area contributed by atoms with Crippen LogP contribution in [0.25, 0.3) is 0 Å². The number of benzene rings is 1. The molecule has 0 bridgehead atoms. The second-order valence-corrected chi connectivity index (χ2v) is 8.78. The molecular weight excluding hydrogens is 402 g/mol. The zero-order chi connectivity index (χ0) is 20.7. The quantitative estimate of drug-likeness (QED) is 0.633. The van der Waals surface area contributed by atoms with Gasteiger partial charge >= 0.3 is 0 Å². The van der Waals surface area contributed by atoms with E-state index in [0.29, 0.717) is 31.1 Å². The molecular formula is C21H23N5O3S. The Morgan fingerprint density at radius 2 is 2.13 bits per heavy atom. The number of aromatic nitrogens is 1. The van der Waals surface area contributed by atoms with Gasteiger partial charge in [0, 0.05) is 30.5 Å². The van der Waals surface area contributed by atoms with Gasteiger partial charge in [-0.15, -0.1) is 11.3 Å². The van der Waals surface area contributed by atoms with Gasteiger partial charge in [-0.2, -0.15) is 0 Å². The molecule has 3 aliphatic rings. The smallest absolute Gasteiger partial charge is 0.255 e. The predicted octanol–water partition coefficient (Wildman–Crippen LogP) is 1.94. The number of nitrogens with zero attached hydrogens (tertiary/aromatic N) is 2. The molecule has 3 N–H and O–H groups in total. The van der Waals surface area contributed by atoms with Crippen LogP contribution in [0.4, 0.5) is 5.13 Å². The Bertz CT molecular complexity index is 1010. The van der Waals surface area contributed by atoms with E-state index in [-0.39, 0.29) is 24.1 Å². The van der Waals surface area contributed by atoms with Crippen LogP contribution in [0.3, 0.4) is 0 Å². The molecule has 1 aromatic heterocycles. The molecule has 5 rings (SSSR count). The molecule has 0 saturated carbocycles. The number of anilines is 1. The Labute approximate surface area is 178 Å². The van der Waals surface area contributed by atoms with Gasteiger partial charge in [0.2, 0.25) is 11.8 Å². The first-order valence-corrected chi connectivity index (χ1v) is 11.2. The van der Waals surface area contributed by atoms with Gasteiger partial charge in [0.25, 0.3) is 5.91 Å². The lowest BCUT2D eigenvalue weighted by molar-refractivity contribution is -0.136. The maximum Gasteiger partial charge on any atom is 0.255 e. The van der Waals surface area contributed by atoms with E-state index in [0.717, 1.165) is 34.9 Å². The second kappa shape index (κ2) is 7.81. The van der Waals surface area contributed by atoms with Crippen LogP contribution in [-0.4, -0.2) is 40.2 Å². The summed E-state index contributed by atoms with van der Waals surface area (Å²) in [5, 5.41) is 12.1. The monoisotopic (exact) mass is 425 g/mol. The van der Waals surface area contributed by atoms with Crippen molar-refractivity contribution in [2.45, 2.75) is 50.9 Å². The summed E-state index contributed by atoms with van der Waals surface area (Å²) >= 11 is 1.59. The number of fused-ring (bicyclic) bond motifs is 1. The van der Waals surface area contributed by atoms with Crippen molar-refractivity contribution in [2.24, 2.45) is 0 Å². The molecule has 0 aliphatic carbocycles. The Balaban J connectivity index is 1.30. The highest BCUT2D eigenvalue weighted by atomic mass is 32.1. The lowest BCUT2D eigenvalue weighted by Gasteiger charge is -2.29. The maximum absolute atomic E-state index is 12.9. The van der Waals surface area contributed by atoms with Gasteiger partial charge in [-0.05, 0) is 43.0 Å². The fraction of sp³-hybridized carbons (Fsp3) is 0.429. The highest BCUT2D eigenvalue weighted by molar-refractivity contribution is 7.13. The van der Waals surface area contributed by atoms with Gasteiger partial charge in [0.05, 0.1) is 11.7 Å². The van der Waals surface area contributed by atoms with Gasteiger partial charge < -0.3 is 15.5 Å². The Morgan fingerprint density at radius 3 is 2.93 bits per heavy atom. The van der Waals surface area contributed by atoms with E-state index in [9.17, 15) is 14.4 Å². The van der Waals surface area contributed by atoms with Gasteiger partial charge in [0.1, 0.15) is 6.04 Å². The van der Waals surface area contributed by atoms with Crippen LogP contribution in [0, 0.1) is 0 Å². The molecule has 156 valence electrons. The molecule has 0 spiro atoms. The molecule has 8 nitrogen and oxygen atoms in total. The average Bonchev–Trinajstić information content (AvgIpc) is 3.47. The van der Waals surface area contributed by atoms with E-state index in [1.807, 2.05) is 12.1 Å². The number of rotatable bonds is 5. The highest BCUT2D eigenvalue weighted by Crippen LogP contribution is 2.31. The van der Waals surface area contributed by atoms with Gasteiger partial charge in [-0.25, -0.2) is 4.98 Å². The molecule has 0 radical (unpaired) electrons. The molecule has 3 aliphatic heterocycles. The van der Waals surface area contributed by atoms with Gasteiger partial charge in [0.15, 0.2) is 5.13 Å². The van der Waals surface area contributed by atoms with Crippen LogP contribution in [0.15, 0.2) is 23.6 Å². The van der Waals surface area contributed by atoms with E-state index in [4.69, 9.17) is 4.98 Å². The topological polar surface area (TPSA) is 103 Å². The fourth-order valence-corrected chi connectivity index (χ4v) is 5.21. The standard InChI is InChI=1S/C21H23N5O3S/c27-18-7-6-17(19(28)25-18)26-10-14-12(3-1-4-13(14)20(26)29)9-23-21-24-16(11-30-21)15-5-2-8-22-15/h1,3-4,11,15,17,22H,2,5-10H2,(H,23,24)(H,25,27,28)/t15-,17?/m1/s1. The summed E-state index contributed by atoms with van der Waals surface area (Å²) in [5.74, 6) is -0.811. The number of hydrogen-bond donors (Lipinski definition) is 3. The summed E-state index contributed by atoms with van der Waals surface area (Å²) in [6.07, 6.45) is 2.93. The van der Waals surface area contributed by atoms with E-state index in [2.05, 4.69) is 21.3 Å². The average molecular weight is 426 g/mol. The molecule has 3 amide bonds. The Morgan fingerprint density at radius 1 is 1.23 bits per heavy atom. The number of carbonyl (C=O) groups excluding carboxylic acids is 3. The Hall–Kier alpha value is -2.78. The van der Waals surface area contributed by atoms with Crippen molar-refractivity contribution >= 4 is 34.2 Å². The number of piperidine rings is 1. The number of imide groups is 1. The minimum atomic E-state index is -0.594. The van der Waals surface area contributed by atoms with Gasteiger partial charge in [-0.1, -0.05) is 12.1 Å². The molecule has 9 heteroatoms. The fourth-order valence-electron chi connectivity index (χ4n) is 4.45. The molecule has 2 saturated heterocycles. The van der Waals surface area contributed by atoms with Crippen LogP contribution < -0.4 is 16.0 Å². The Kier molecular flexibility index (Phi) is 5.00. The normalized spacial score (nSPS) is 23.6. The first-order valence-electron chi connectivity index (χ1n) is 10.3. The summed E-state index contributed by atoms with van der Waals surface area (Å²) < 4.78 is 0. The second-order valence-electron chi connectivity index (χ2n) is 7.92. The largest absolute Gasteiger partial charge is 0.357 e. The van der Waals surface area contributed by atoms with Crippen molar-refractivity contribution in [2.75, 3.05) is 11.9 Å². The van der Waals surface area contributed by atoms with Crippen molar-refractivity contribution in [1.29, 1.82) is 0 Å². The van der Waals surface area contributed by atoms with E-state index < -0.39 is 6.04 Å². The summed E-state index contributed by atoms with van der Waals surface area (Å²) in [7, 11) is 0. The number of carbonyl (C=O) groups is 3. The number of hydrogen-bond acceptors (Lipinski definition) is 7. The summed E-state index contributed by atoms with van der Waals surface area (Å²) in [6, 6.07) is 5.43. The minimum absolute atomic E-state index is 0.148. The molecule has 2 atom stereocenters. The molecule has 2 fully saturated rings. The van der Waals surface area contributed by atoms with Crippen LogP contribution in [-0.2, 0) is 22.7 Å². The van der Waals surface area contributed by atoms with Crippen molar-refractivity contribution in [3.05, 3.63) is 46.0 Å². The molecule has 2 aromatic rings. The predicted molar refractivity (Wildman–Crippen MR) is 112 cm³/mol. The van der Waals surface area contributed by atoms with Crippen molar-refractivity contribution < 1.29 is 14.4 Å². The first kappa shape index (κ1) is 19.2.